The second kappa shape index (κ2) is 8.85. The molecule has 0 saturated carbocycles. The van der Waals surface area contributed by atoms with Gasteiger partial charge in [-0.25, -0.2) is 0 Å². The number of anilines is 1. The Morgan fingerprint density at radius 1 is 1.15 bits per heavy atom. The second-order valence-corrected chi connectivity index (χ2v) is 8.79. The van der Waals surface area contributed by atoms with E-state index in [1.54, 1.807) is 11.3 Å². The van der Waals surface area contributed by atoms with Gasteiger partial charge in [-0.05, 0) is 31.2 Å². The maximum atomic E-state index is 12.5. The summed E-state index contributed by atoms with van der Waals surface area (Å²) in [6.45, 7) is 6.88. The van der Waals surface area contributed by atoms with Gasteiger partial charge in [-0.3, -0.25) is 14.5 Å². The molecule has 0 radical (unpaired) electrons. The highest BCUT2D eigenvalue weighted by Gasteiger charge is 2.25. The first-order valence-corrected chi connectivity index (χ1v) is 10.7. The van der Waals surface area contributed by atoms with E-state index in [4.69, 9.17) is 0 Å². The summed E-state index contributed by atoms with van der Waals surface area (Å²) in [4.78, 5) is 29.8. The lowest BCUT2D eigenvalue weighted by Crippen LogP contribution is -2.51. The minimum absolute atomic E-state index is 0.0123. The third-order valence-corrected chi connectivity index (χ3v) is 6.54. The fourth-order valence-electron chi connectivity index (χ4n) is 3.81. The van der Waals surface area contributed by atoms with Crippen molar-refractivity contribution in [2.24, 2.45) is 5.92 Å². The standard InChI is InChI=1S/C20H28N4O2S/c1-14(2)20(26)24-10-8-23(9-11-24)13-18(25)22-19-16(12-21)15-6-4-3-5-7-17(15)27-19/h14H,3-11,13H2,1-2H3,(H,22,25). The monoisotopic (exact) mass is 388 g/mol. The highest BCUT2D eigenvalue weighted by atomic mass is 32.1. The van der Waals surface area contributed by atoms with Gasteiger partial charge in [0.1, 0.15) is 11.1 Å². The van der Waals surface area contributed by atoms with Crippen LogP contribution in [0.4, 0.5) is 5.00 Å². The molecular weight excluding hydrogens is 360 g/mol. The molecule has 1 saturated heterocycles. The first-order chi connectivity index (χ1) is 13.0. The van der Waals surface area contributed by atoms with E-state index in [1.165, 1.54) is 11.3 Å². The van der Waals surface area contributed by atoms with E-state index in [1.807, 2.05) is 18.7 Å². The molecule has 1 aromatic heterocycles. The molecule has 3 rings (SSSR count). The average molecular weight is 389 g/mol. The predicted molar refractivity (Wildman–Crippen MR) is 107 cm³/mol. The van der Waals surface area contributed by atoms with Gasteiger partial charge >= 0.3 is 0 Å². The third-order valence-electron chi connectivity index (χ3n) is 5.33. The number of hydrogen-bond acceptors (Lipinski definition) is 5. The maximum Gasteiger partial charge on any atom is 0.239 e. The van der Waals surface area contributed by atoms with Crippen LogP contribution < -0.4 is 5.32 Å². The van der Waals surface area contributed by atoms with Crippen molar-refractivity contribution in [1.82, 2.24) is 9.80 Å². The number of thiophene rings is 1. The van der Waals surface area contributed by atoms with Crippen LogP contribution >= 0.6 is 11.3 Å². The van der Waals surface area contributed by atoms with Gasteiger partial charge < -0.3 is 10.2 Å². The number of nitrogens with zero attached hydrogens (tertiary/aromatic N) is 3. The van der Waals surface area contributed by atoms with Crippen LogP contribution in [-0.2, 0) is 22.4 Å². The highest BCUT2D eigenvalue weighted by molar-refractivity contribution is 7.16. The van der Waals surface area contributed by atoms with Crippen LogP contribution in [0.2, 0.25) is 0 Å². The zero-order chi connectivity index (χ0) is 19.4. The molecule has 27 heavy (non-hydrogen) atoms. The van der Waals surface area contributed by atoms with Crippen molar-refractivity contribution >= 4 is 28.2 Å². The number of carbonyl (C=O) groups excluding carboxylic acids is 2. The zero-order valence-electron chi connectivity index (χ0n) is 16.2. The summed E-state index contributed by atoms with van der Waals surface area (Å²) in [7, 11) is 0. The number of fused-ring (bicyclic) bond motifs is 1. The van der Waals surface area contributed by atoms with Gasteiger partial charge in [0, 0.05) is 37.0 Å². The number of aryl methyl sites for hydroxylation is 1. The van der Waals surface area contributed by atoms with E-state index in [0.29, 0.717) is 43.3 Å². The summed E-state index contributed by atoms with van der Waals surface area (Å²) in [5.41, 5.74) is 1.81. The summed E-state index contributed by atoms with van der Waals surface area (Å²) in [6, 6.07) is 2.31. The molecule has 6 nitrogen and oxygen atoms in total. The molecule has 7 heteroatoms. The quantitative estimate of drug-likeness (QED) is 0.805. The predicted octanol–water partition coefficient (Wildman–Crippen LogP) is 2.63. The number of carbonyl (C=O) groups is 2. The number of nitriles is 1. The highest BCUT2D eigenvalue weighted by Crippen LogP contribution is 2.36. The Balaban J connectivity index is 1.56. The van der Waals surface area contributed by atoms with Gasteiger partial charge in [-0.1, -0.05) is 20.3 Å². The molecule has 0 bridgehead atoms. The van der Waals surface area contributed by atoms with Crippen molar-refractivity contribution in [3.8, 4) is 6.07 Å². The molecule has 2 aliphatic rings. The molecule has 1 aliphatic carbocycles. The van der Waals surface area contributed by atoms with Crippen LogP contribution in [0.25, 0.3) is 0 Å². The molecule has 1 N–H and O–H groups in total. The van der Waals surface area contributed by atoms with Crippen LogP contribution in [-0.4, -0.2) is 54.3 Å². The van der Waals surface area contributed by atoms with Crippen LogP contribution in [0.3, 0.4) is 0 Å². The molecule has 0 unspecified atom stereocenters. The molecule has 1 aromatic rings. The van der Waals surface area contributed by atoms with Gasteiger partial charge in [0.05, 0.1) is 12.1 Å². The normalized spacial score (nSPS) is 17.9. The lowest BCUT2D eigenvalue weighted by atomic mass is 10.1. The fourth-order valence-corrected chi connectivity index (χ4v) is 5.07. The fraction of sp³-hybridized carbons (Fsp3) is 0.650. The first kappa shape index (κ1) is 19.8. The maximum absolute atomic E-state index is 12.5. The Hall–Kier alpha value is -1.91. The van der Waals surface area contributed by atoms with Gasteiger partial charge in [0.15, 0.2) is 0 Å². The summed E-state index contributed by atoms with van der Waals surface area (Å²) in [5.74, 6) is 0.114. The topological polar surface area (TPSA) is 76.4 Å². The summed E-state index contributed by atoms with van der Waals surface area (Å²) in [6.07, 6.45) is 5.43. The molecule has 2 amide bonds. The van der Waals surface area contributed by atoms with Gasteiger partial charge in [0.2, 0.25) is 11.8 Å². The van der Waals surface area contributed by atoms with E-state index in [-0.39, 0.29) is 17.7 Å². The molecule has 146 valence electrons. The number of amides is 2. The Morgan fingerprint density at radius 2 is 1.85 bits per heavy atom. The lowest BCUT2D eigenvalue weighted by molar-refractivity contribution is -0.136. The van der Waals surface area contributed by atoms with Crippen LogP contribution in [0.1, 0.15) is 49.1 Å². The average Bonchev–Trinajstić information content (AvgIpc) is 2.81. The van der Waals surface area contributed by atoms with Crippen LogP contribution in [0, 0.1) is 17.2 Å². The Labute approximate surface area is 165 Å². The van der Waals surface area contributed by atoms with E-state index in [2.05, 4.69) is 16.3 Å². The third kappa shape index (κ3) is 4.69. The molecule has 0 atom stereocenters. The van der Waals surface area contributed by atoms with Gasteiger partial charge in [-0.15, -0.1) is 11.3 Å². The summed E-state index contributed by atoms with van der Waals surface area (Å²) < 4.78 is 0. The lowest BCUT2D eigenvalue weighted by Gasteiger charge is -2.35. The number of hydrogen-bond donors (Lipinski definition) is 1. The number of nitrogens with one attached hydrogen (secondary N) is 1. The van der Waals surface area contributed by atoms with Gasteiger partial charge in [0.25, 0.3) is 0 Å². The molecule has 2 heterocycles. The molecule has 1 fully saturated rings. The van der Waals surface area contributed by atoms with Crippen LogP contribution in [0.15, 0.2) is 0 Å². The van der Waals surface area contributed by atoms with E-state index in [0.717, 1.165) is 31.2 Å². The van der Waals surface area contributed by atoms with Crippen molar-refractivity contribution in [2.75, 3.05) is 38.0 Å². The zero-order valence-corrected chi connectivity index (χ0v) is 17.0. The van der Waals surface area contributed by atoms with Crippen molar-refractivity contribution in [1.29, 1.82) is 5.26 Å². The molecular formula is C20H28N4O2S. The Bertz CT molecular complexity index is 742. The summed E-state index contributed by atoms with van der Waals surface area (Å²) in [5, 5.41) is 13.3. The van der Waals surface area contributed by atoms with Gasteiger partial charge in [-0.2, -0.15) is 5.26 Å². The largest absolute Gasteiger partial charge is 0.340 e. The van der Waals surface area contributed by atoms with Crippen molar-refractivity contribution in [3.05, 3.63) is 16.0 Å². The van der Waals surface area contributed by atoms with E-state index >= 15 is 0 Å². The van der Waals surface area contributed by atoms with Crippen molar-refractivity contribution < 1.29 is 9.59 Å². The number of rotatable bonds is 4. The Kier molecular flexibility index (Phi) is 6.51. The van der Waals surface area contributed by atoms with Crippen molar-refractivity contribution in [2.45, 2.75) is 46.0 Å². The summed E-state index contributed by atoms with van der Waals surface area (Å²) >= 11 is 1.57. The van der Waals surface area contributed by atoms with Crippen molar-refractivity contribution in [3.63, 3.8) is 0 Å². The minimum Gasteiger partial charge on any atom is -0.340 e. The van der Waals surface area contributed by atoms with E-state index < -0.39 is 0 Å². The Morgan fingerprint density at radius 3 is 2.52 bits per heavy atom. The molecule has 0 spiro atoms. The molecule has 1 aliphatic heterocycles. The second-order valence-electron chi connectivity index (χ2n) is 7.68. The van der Waals surface area contributed by atoms with E-state index in [9.17, 15) is 14.9 Å². The smallest absolute Gasteiger partial charge is 0.239 e. The first-order valence-electron chi connectivity index (χ1n) is 9.85. The number of piperazine rings is 1. The SMILES string of the molecule is CC(C)C(=O)N1CCN(CC(=O)Nc2sc3c(c2C#N)CCCCC3)CC1. The molecule has 0 aromatic carbocycles. The minimum atomic E-state index is -0.0773. The van der Waals surface area contributed by atoms with Crippen LogP contribution in [0.5, 0.6) is 0 Å².